The van der Waals surface area contributed by atoms with Crippen LogP contribution in [0.1, 0.15) is 30.5 Å². The van der Waals surface area contributed by atoms with E-state index in [0.717, 1.165) is 28.9 Å². The van der Waals surface area contributed by atoms with Crippen molar-refractivity contribution < 1.29 is 18.7 Å². The molecule has 2 aromatic carbocycles. The number of benzene rings is 2. The third kappa shape index (κ3) is 4.53. The molecule has 0 saturated heterocycles. The van der Waals surface area contributed by atoms with Crippen LogP contribution in [0, 0.1) is 12.7 Å². The monoisotopic (exact) mass is 462 g/mol. The van der Waals surface area contributed by atoms with Gasteiger partial charge in [-0.2, -0.15) is 5.10 Å². The molecule has 8 heteroatoms. The van der Waals surface area contributed by atoms with Crippen molar-refractivity contribution in [3.05, 3.63) is 65.6 Å². The number of fused-ring (bicyclic) bond motifs is 2. The van der Waals surface area contributed by atoms with Gasteiger partial charge in [0.25, 0.3) is 5.91 Å². The second kappa shape index (κ2) is 9.29. The first-order valence-electron chi connectivity index (χ1n) is 11.6. The van der Waals surface area contributed by atoms with Crippen molar-refractivity contribution in [1.82, 2.24) is 14.7 Å². The molecule has 0 fully saturated rings. The van der Waals surface area contributed by atoms with Crippen molar-refractivity contribution in [3.8, 4) is 17.0 Å². The molecule has 3 aromatic rings. The number of halogens is 1. The zero-order chi connectivity index (χ0) is 23.7. The molecule has 1 aromatic heterocycles. The Hall–Kier alpha value is -3.68. The number of amides is 2. The highest BCUT2D eigenvalue weighted by molar-refractivity contribution is 5.98. The molecule has 0 saturated carbocycles. The Bertz CT molecular complexity index is 1240. The van der Waals surface area contributed by atoms with Gasteiger partial charge in [-0.15, -0.1) is 0 Å². The summed E-state index contributed by atoms with van der Waals surface area (Å²) in [5.74, 6) is 0.377. The summed E-state index contributed by atoms with van der Waals surface area (Å²) in [6.45, 7) is 4.32. The molecule has 0 atom stereocenters. The third-order valence-corrected chi connectivity index (χ3v) is 6.32. The molecule has 176 valence electrons. The second-order valence-corrected chi connectivity index (χ2v) is 8.83. The topological polar surface area (TPSA) is 67.7 Å². The lowest BCUT2D eigenvalue weighted by Gasteiger charge is -2.30. The lowest BCUT2D eigenvalue weighted by Crippen LogP contribution is -2.40. The SMILES string of the molecule is Cc1ccc2c(c1)N(CCCC(=O)N1CCCn3nc(-c4cccc(F)c4)cc3C1)C(=O)CO2. The number of hydrogen-bond acceptors (Lipinski definition) is 4. The number of ether oxygens (including phenoxy) is 1. The minimum atomic E-state index is -0.297. The van der Waals surface area contributed by atoms with Crippen LogP contribution in [0.3, 0.4) is 0 Å². The predicted molar refractivity (Wildman–Crippen MR) is 126 cm³/mol. The molecule has 0 radical (unpaired) electrons. The molecule has 2 aliphatic rings. The van der Waals surface area contributed by atoms with Gasteiger partial charge in [0.1, 0.15) is 11.6 Å². The van der Waals surface area contributed by atoms with Crippen molar-refractivity contribution in [3.63, 3.8) is 0 Å². The lowest BCUT2D eigenvalue weighted by atomic mass is 10.1. The smallest absolute Gasteiger partial charge is 0.265 e. The average Bonchev–Trinajstić information content (AvgIpc) is 3.12. The Morgan fingerprint density at radius 1 is 1.15 bits per heavy atom. The van der Waals surface area contributed by atoms with E-state index in [1.165, 1.54) is 12.1 Å². The second-order valence-electron chi connectivity index (χ2n) is 8.83. The number of rotatable bonds is 5. The minimum Gasteiger partial charge on any atom is -0.482 e. The Balaban J connectivity index is 1.23. The fourth-order valence-corrected chi connectivity index (χ4v) is 4.57. The van der Waals surface area contributed by atoms with E-state index in [1.54, 1.807) is 11.0 Å². The maximum Gasteiger partial charge on any atom is 0.265 e. The molecule has 2 amide bonds. The Morgan fingerprint density at radius 2 is 2.03 bits per heavy atom. The molecule has 34 heavy (non-hydrogen) atoms. The van der Waals surface area contributed by atoms with Gasteiger partial charge < -0.3 is 14.5 Å². The first-order chi connectivity index (χ1) is 16.5. The molecule has 7 nitrogen and oxygen atoms in total. The van der Waals surface area contributed by atoms with Crippen LogP contribution in [0.4, 0.5) is 10.1 Å². The molecule has 0 bridgehead atoms. The van der Waals surface area contributed by atoms with Crippen molar-refractivity contribution in [2.45, 2.75) is 39.3 Å². The highest BCUT2D eigenvalue weighted by atomic mass is 19.1. The molecular weight excluding hydrogens is 435 g/mol. The molecule has 0 spiro atoms. The fraction of sp³-hybridized carbons (Fsp3) is 0.346. The normalized spacial score (nSPS) is 15.4. The fourth-order valence-electron chi connectivity index (χ4n) is 4.57. The summed E-state index contributed by atoms with van der Waals surface area (Å²) in [7, 11) is 0. The van der Waals surface area contributed by atoms with E-state index in [2.05, 4.69) is 5.10 Å². The van der Waals surface area contributed by atoms with Gasteiger partial charge in [0, 0.05) is 31.6 Å². The molecule has 2 aliphatic heterocycles. The van der Waals surface area contributed by atoms with E-state index < -0.39 is 0 Å². The standard InChI is InChI=1S/C26H27FN4O3/c1-18-8-9-24-23(13-18)30(26(33)17-34-24)11-3-7-25(32)29-10-4-12-31-21(16-29)15-22(28-31)19-5-2-6-20(27)14-19/h2,5-6,8-9,13-15H,3-4,7,10-12,16-17H2,1H3. The van der Waals surface area contributed by atoms with Crippen molar-refractivity contribution in [2.75, 3.05) is 24.6 Å². The summed E-state index contributed by atoms with van der Waals surface area (Å²) in [5, 5.41) is 4.63. The first-order valence-corrected chi connectivity index (χ1v) is 11.6. The average molecular weight is 463 g/mol. The summed E-state index contributed by atoms with van der Waals surface area (Å²) in [6, 6.07) is 14.1. The Morgan fingerprint density at radius 3 is 2.88 bits per heavy atom. The van der Waals surface area contributed by atoms with Gasteiger partial charge in [-0.3, -0.25) is 14.3 Å². The van der Waals surface area contributed by atoms with Gasteiger partial charge in [-0.05, 0) is 55.7 Å². The van der Waals surface area contributed by atoms with Crippen molar-refractivity contribution >= 4 is 17.5 Å². The largest absolute Gasteiger partial charge is 0.482 e. The van der Waals surface area contributed by atoms with Crippen LogP contribution < -0.4 is 9.64 Å². The van der Waals surface area contributed by atoms with Gasteiger partial charge >= 0.3 is 0 Å². The van der Waals surface area contributed by atoms with Gasteiger partial charge in [0.2, 0.25) is 5.91 Å². The number of nitrogens with zero attached hydrogens (tertiary/aromatic N) is 4. The van der Waals surface area contributed by atoms with Crippen molar-refractivity contribution in [1.29, 1.82) is 0 Å². The van der Waals surface area contributed by atoms with E-state index in [9.17, 15) is 14.0 Å². The van der Waals surface area contributed by atoms with Crippen LogP contribution >= 0.6 is 0 Å². The number of anilines is 1. The summed E-state index contributed by atoms with van der Waals surface area (Å²) in [6.07, 6.45) is 1.73. The number of hydrogen-bond donors (Lipinski definition) is 0. The molecule has 0 aliphatic carbocycles. The highest BCUT2D eigenvalue weighted by Gasteiger charge is 2.26. The summed E-state index contributed by atoms with van der Waals surface area (Å²) in [5.41, 5.74) is 4.20. The van der Waals surface area contributed by atoms with Crippen LogP contribution in [-0.4, -0.2) is 46.2 Å². The summed E-state index contributed by atoms with van der Waals surface area (Å²) < 4.78 is 21.1. The van der Waals surface area contributed by atoms with E-state index in [-0.39, 0.29) is 24.2 Å². The van der Waals surface area contributed by atoms with Gasteiger partial charge in [0.15, 0.2) is 6.61 Å². The molecule has 0 unspecified atom stereocenters. The van der Waals surface area contributed by atoms with Crippen LogP contribution in [-0.2, 0) is 22.7 Å². The Kier molecular flexibility index (Phi) is 6.04. The quantitative estimate of drug-likeness (QED) is 0.576. The van der Waals surface area contributed by atoms with E-state index >= 15 is 0 Å². The maximum absolute atomic E-state index is 13.6. The van der Waals surface area contributed by atoms with Gasteiger partial charge in [-0.25, -0.2) is 4.39 Å². The first kappa shape index (κ1) is 22.1. The molecule has 5 rings (SSSR count). The minimum absolute atomic E-state index is 0.0216. The highest BCUT2D eigenvalue weighted by Crippen LogP contribution is 2.33. The van der Waals surface area contributed by atoms with Crippen LogP contribution in [0.5, 0.6) is 5.75 Å². The van der Waals surface area contributed by atoms with Crippen LogP contribution in [0.15, 0.2) is 48.5 Å². The maximum atomic E-state index is 13.6. The Labute approximate surface area is 197 Å². The molecular formula is C26H27FN4O3. The number of carbonyl (C=O) groups excluding carboxylic acids is 2. The van der Waals surface area contributed by atoms with E-state index in [0.29, 0.717) is 50.5 Å². The number of aromatic nitrogens is 2. The zero-order valence-electron chi connectivity index (χ0n) is 19.2. The third-order valence-electron chi connectivity index (χ3n) is 6.32. The molecule has 0 N–H and O–H groups in total. The van der Waals surface area contributed by atoms with Gasteiger partial charge in [0.05, 0.1) is 23.6 Å². The van der Waals surface area contributed by atoms with Crippen LogP contribution in [0.25, 0.3) is 11.3 Å². The van der Waals surface area contributed by atoms with Crippen molar-refractivity contribution in [2.24, 2.45) is 0 Å². The van der Waals surface area contributed by atoms with E-state index in [4.69, 9.17) is 4.74 Å². The lowest BCUT2D eigenvalue weighted by molar-refractivity contribution is -0.132. The van der Waals surface area contributed by atoms with Gasteiger partial charge in [-0.1, -0.05) is 18.2 Å². The summed E-state index contributed by atoms with van der Waals surface area (Å²) in [4.78, 5) is 29.0. The number of aryl methyl sites for hydroxylation is 2. The predicted octanol–water partition coefficient (Wildman–Crippen LogP) is 3.94. The summed E-state index contributed by atoms with van der Waals surface area (Å²) >= 11 is 0. The number of carbonyl (C=O) groups is 2. The molecule has 3 heterocycles. The van der Waals surface area contributed by atoms with Crippen LogP contribution in [0.2, 0.25) is 0 Å². The van der Waals surface area contributed by atoms with E-state index in [1.807, 2.05) is 46.8 Å². The zero-order valence-corrected chi connectivity index (χ0v) is 19.2.